The van der Waals surface area contributed by atoms with Crippen LogP contribution in [0.25, 0.3) is 0 Å². The smallest absolute Gasteiger partial charge is 0.232 e. The molecule has 0 aromatic heterocycles. The zero-order chi connectivity index (χ0) is 21.4. The van der Waals surface area contributed by atoms with Gasteiger partial charge in [-0.1, -0.05) is 23.2 Å². The van der Waals surface area contributed by atoms with Gasteiger partial charge in [-0.05, 0) is 64.8 Å². The summed E-state index contributed by atoms with van der Waals surface area (Å²) in [7, 11) is -3.50. The van der Waals surface area contributed by atoms with Crippen LogP contribution in [0.5, 0.6) is 5.75 Å². The number of nitrogens with zero attached hydrogens (tertiary/aromatic N) is 1. The molecule has 1 N–H and O–H groups in total. The highest BCUT2D eigenvalue weighted by Gasteiger charge is 2.18. The minimum atomic E-state index is -3.50. The summed E-state index contributed by atoms with van der Waals surface area (Å²) in [4.78, 5) is 12.0. The molecule has 0 fully saturated rings. The predicted molar refractivity (Wildman–Crippen MR) is 121 cm³/mol. The van der Waals surface area contributed by atoms with Gasteiger partial charge >= 0.3 is 0 Å². The van der Waals surface area contributed by atoms with Gasteiger partial charge in [0.1, 0.15) is 12.4 Å². The molecular formula is C19H21BrCl2N2O4S. The van der Waals surface area contributed by atoms with E-state index in [1.54, 1.807) is 42.5 Å². The summed E-state index contributed by atoms with van der Waals surface area (Å²) in [6.07, 6.45) is 1.68. The van der Waals surface area contributed by atoms with Crippen molar-refractivity contribution in [1.29, 1.82) is 0 Å². The second kappa shape index (κ2) is 11.1. The Morgan fingerprint density at radius 3 is 2.48 bits per heavy atom. The second-order valence-corrected chi connectivity index (χ2v) is 9.79. The van der Waals surface area contributed by atoms with E-state index in [4.69, 9.17) is 27.9 Å². The van der Waals surface area contributed by atoms with Crippen LogP contribution < -0.4 is 14.4 Å². The van der Waals surface area contributed by atoms with E-state index >= 15 is 0 Å². The topological polar surface area (TPSA) is 75.7 Å². The number of nitrogens with one attached hydrogen (secondary N) is 1. The van der Waals surface area contributed by atoms with E-state index in [9.17, 15) is 13.2 Å². The Balaban J connectivity index is 1.77. The molecule has 0 atom stereocenters. The van der Waals surface area contributed by atoms with Crippen LogP contribution in [-0.2, 0) is 14.8 Å². The van der Waals surface area contributed by atoms with Crippen molar-refractivity contribution in [2.24, 2.45) is 0 Å². The highest BCUT2D eigenvalue weighted by Crippen LogP contribution is 2.28. The van der Waals surface area contributed by atoms with Gasteiger partial charge in [0.15, 0.2) is 0 Å². The maximum absolute atomic E-state index is 12.1. The lowest BCUT2D eigenvalue weighted by Crippen LogP contribution is -2.32. The van der Waals surface area contributed by atoms with Crippen LogP contribution in [0.4, 0.5) is 5.69 Å². The van der Waals surface area contributed by atoms with E-state index in [1.165, 1.54) is 4.31 Å². The molecule has 29 heavy (non-hydrogen) atoms. The molecule has 0 heterocycles. The molecule has 6 nitrogen and oxygen atoms in total. The van der Waals surface area contributed by atoms with E-state index in [0.717, 1.165) is 6.26 Å². The van der Waals surface area contributed by atoms with E-state index in [-0.39, 0.29) is 18.9 Å². The number of hydrogen-bond donors (Lipinski definition) is 1. The molecule has 0 bridgehead atoms. The summed E-state index contributed by atoms with van der Waals surface area (Å²) < 4.78 is 31.6. The lowest BCUT2D eigenvalue weighted by molar-refractivity contribution is -0.121. The number of carbonyl (C=O) groups excluding carboxylic acids is 1. The monoisotopic (exact) mass is 522 g/mol. The molecule has 0 aliphatic heterocycles. The van der Waals surface area contributed by atoms with Gasteiger partial charge in [-0.3, -0.25) is 9.10 Å². The van der Waals surface area contributed by atoms with Crippen LogP contribution in [0.1, 0.15) is 12.8 Å². The maximum atomic E-state index is 12.1. The molecule has 1 amide bonds. The summed E-state index contributed by atoms with van der Waals surface area (Å²) in [6, 6.07) is 11.9. The average Bonchev–Trinajstić information content (AvgIpc) is 2.65. The van der Waals surface area contributed by atoms with Gasteiger partial charge in [-0.2, -0.15) is 0 Å². The summed E-state index contributed by atoms with van der Waals surface area (Å²) in [5.41, 5.74) is 0.456. The normalized spacial score (nSPS) is 11.2. The molecule has 0 aliphatic rings. The van der Waals surface area contributed by atoms with Gasteiger partial charge < -0.3 is 10.1 Å². The summed E-state index contributed by atoms with van der Waals surface area (Å²) >= 11 is 15.1. The first kappa shape index (κ1) is 23.8. The zero-order valence-electron chi connectivity index (χ0n) is 15.7. The van der Waals surface area contributed by atoms with E-state index in [1.807, 2.05) is 0 Å². The molecule has 0 aliphatic carbocycles. The molecule has 2 aromatic rings. The molecule has 0 unspecified atom stereocenters. The van der Waals surface area contributed by atoms with Gasteiger partial charge in [-0.15, -0.1) is 0 Å². The number of benzene rings is 2. The van der Waals surface area contributed by atoms with Crippen molar-refractivity contribution in [3.8, 4) is 5.75 Å². The minimum absolute atomic E-state index is 0.172. The molecule has 0 saturated carbocycles. The molecule has 158 valence electrons. The molecular weight excluding hydrogens is 503 g/mol. The van der Waals surface area contributed by atoms with E-state index in [2.05, 4.69) is 21.2 Å². The van der Waals surface area contributed by atoms with Gasteiger partial charge in [0.2, 0.25) is 15.9 Å². The van der Waals surface area contributed by atoms with Crippen LogP contribution in [0, 0.1) is 0 Å². The Kier molecular flexibility index (Phi) is 9.07. The fourth-order valence-corrected chi connectivity index (χ4v) is 3.99. The molecule has 0 radical (unpaired) electrons. The number of anilines is 1. The Bertz CT molecular complexity index is 940. The van der Waals surface area contributed by atoms with E-state index in [0.29, 0.717) is 45.5 Å². The first-order valence-corrected chi connectivity index (χ1v) is 12.1. The molecule has 2 rings (SSSR count). The Morgan fingerprint density at radius 2 is 1.86 bits per heavy atom. The molecule has 0 saturated heterocycles. The summed E-state index contributed by atoms with van der Waals surface area (Å²) in [5, 5.41) is 3.78. The van der Waals surface area contributed by atoms with Gasteiger partial charge in [0.25, 0.3) is 0 Å². The van der Waals surface area contributed by atoms with Crippen LogP contribution in [0.3, 0.4) is 0 Å². The highest BCUT2D eigenvalue weighted by molar-refractivity contribution is 9.10. The average molecular weight is 524 g/mol. The fraction of sp³-hybridized carbons (Fsp3) is 0.316. The molecule has 10 heteroatoms. The van der Waals surface area contributed by atoms with Gasteiger partial charge in [0.05, 0.1) is 23.5 Å². The lowest BCUT2D eigenvalue weighted by atomic mass is 10.2. The minimum Gasteiger partial charge on any atom is -0.492 e. The first-order valence-electron chi connectivity index (χ1n) is 8.74. The van der Waals surface area contributed by atoms with Crippen molar-refractivity contribution in [2.75, 3.05) is 30.3 Å². The first-order chi connectivity index (χ1) is 13.7. The number of halogens is 3. The number of carbonyl (C=O) groups is 1. The Hall–Kier alpha value is -1.48. The molecule has 2 aromatic carbocycles. The third kappa shape index (κ3) is 8.04. The third-order valence-electron chi connectivity index (χ3n) is 3.86. The SMILES string of the molecule is CS(=O)(=O)N(CCCC(=O)NCCOc1ccc(Cl)cc1)c1ccc(Br)c(Cl)c1. The van der Waals surface area contributed by atoms with E-state index < -0.39 is 10.0 Å². The molecule has 0 spiro atoms. The second-order valence-electron chi connectivity index (χ2n) is 6.19. The predicted octanol–water partition coefficient (Wildman–Crippen LogP) is 4.50. The van der Waals surface area contributed by atoms with Crippen molar-refractivity contribution in [3.63, 3.8) is 0 Å². The number of sulfonamides is 1. The van der Waals surface area contributed by atoms with Gasteiger partial charge in [0, 0.05) is 22.5 Å². The third-order valence-corrected chi connectivity index (χ3v) is 6.54. The lowest BCUT2D eigenvalue weighted by Gasteiger charge is -2.22. The van der Waals surface area contributed by atoms with Crippen LogP contribution >= 0.6 is 39.1 Å². The van der Waals surface area contributed by atoms with Crippen molar-refractivity contribution >= 4 is 60.7 Å². The van der Waals surface area contributed by atoms with Crippen molar-refractivity contribution in [1.82, 2.24) is 5.32 Å². The van der Waals surface area contributed by atoms with Crippen LogP contribution in [-0.4, -0.2) is 40.3 Å². The van der Waals surface area contributed by atoms with Crippen LogP contribution in [0.2, 0.25) is 10.0 Å². The summed E-state index contributed by atoms with van der Waals surface area (Å²) in [5.74, 6) is 0.493. The Labute approximate surface area is 189 Å². The van der Waals surface area contributed by atoms with Crippen molar-refractivity contribution < 1.29 is 17.9 Å². The maximum Gasteiger partial charge on any atom is 0.232 e. The van der Waals surface area contributed by atoms with Gasteiger partial charge in [-0.25, -0.2) is 8.42 Å². The summed E-state index contributed by atoms with van der Waals surface area (Å²) in [6.45, 7) is 0.839. The number of amides is 1. The van der Waals surface area contributed by atoms with Crippen molar-refractivity contribution in [3.05, 3.63) is 57.0 Å². The number of rotatable bonds is 10. The highest BCUT2D eigenvalue weighted by atomic mass is 79.9. The van der Waals surface area contributed by atoms with Crippen molar-refractivity contribution in [2.45, 2.75) is 12.8 Å². The quantitative estimate of drug-likeness (QED) is 0.465. The Morgan fingerprint density at radius 1 is 1.17 bits per heavy atom. The zero-order valence-corrected chi connectivity index (χ0v) is 19.6. The largest absolute Gasteiger partial charge is 0.492 e. The fourth-order valence-electron chi connectivity index (χ4n) is 2.49. The van der Waals surface area contributed by atoms with Crippen LogP contribution in [0.15, 0.2) is 46.9 Å². The number of ether oxygens (including phenoxy) is 1. The standard InChI is InChI=1S/C19H21BrCl2N2O4S/c1-29(26,27)24(15-6-9-17(20)18(22)13-15)11-2-3-19(25)23-10-12-28-16-7-4-14(21)5-8-16/h4-9,13H,2-3,10-12H2,1H3,(H,23,25). The number of hydrogen-bond acceptors (Lipinski definition) is 4.